The molecule has 1 unspecified atom stereocenters. The Kier molecular flexibility index (Phi) is 5.73. The van der Waals surface area contributed by atoms with Gasteiger partial charge in [0.05, 0.1) is 23.1 Å². The van der Waals surface area contributed by atoms with Gasteiger partial charge in [-0.25, -0.2) is 4.98 Å². The van der Waals surface area contributed by atoms with Gasteiger partial charge in [0.25, 0.3) is 0 Å². The van der Waals surface area contributed by atoms with Crippen molar-refractivity contribution < 1.29 is 9.53 Å². The van der Waals surface area contributed by atoms with Gasteiger partial charge in [-0.05, 0) is 62.4 Å². The molecule has 7 heteroatoms. The lowest BCUT2D eigenvalue weighted by atomic mass is 9.77. The summed E-state index contributed by atoms with van der Waals surface area (Å²) in [7, 11) is 0. The van der Waals surface area contributed by atoms with E-state index in [1.54, 1.807) is 12.5 Å². The molecule has 1 spiro atoms. The van der Waals surface area contributed by atoms with E-state index in [0.29, 0.717) is 24.0 Å². The Hall–Kier alpha value is -2.36. The largest absolute Gasteiger partial charge is 0.496 e. The SMILES string of the molecule is CC1=C2COC=C2CC(=O)C1[C@H](Cl)CN1CCC2(CC1)CCN(c1ccc(C#N)cn1)C2. The van der Waals surface area contributed by atoms with Crippen LogP contribution in [0, 0.1) is 22.7 Å². The molecule has 0 aromatic carbocycles. The maximum absolute atomic E-state index is 12.8. The predicted octanol–water partition coefficient (Wildman–Crippen LogP) is 3.67. The zero-order valence-corrected chi connectivity index (χ0v) is 19.3. The van der Waals surface area contributed by atoms with E-state index in [2.05, 4.69) is 20.9 Å². The number of rotatable bonds is 4. The number of pyridine rings is 1. The van der Waals surface area contributed by atoms with Gasteiger partial charge < -0.3 is 14.5 Å². The molecule has 1 aromatic rings. The zero-order chi connectivity index (χ0) is 22.3. The molecule has 3 aliphatic heterocycles. The van der Waals surface area contributed by atoms with E-state index >= 15 is 0 Å². The Morgan fingerprint density at radius 2 is 2.09 bits per heavy atom. The van der Waals surface area contributed by atoms with Gasteiger partial charge in [0.1, 0.15) is 24.3 Å². The van der Waals surface area contributed by atoms with Gasteiger partial charge in [-0.1, -0.05) is 5.57 Å². The lowest BCUT2D eigenvalue weighted by Gasteiger charge is -2.41. The number of hydrogen-bond acceptors (Lipinski definition) is 6. The molecule has 0 bridgehead atoms. The summed E-state index contributed by atoms with van der Waals surface area (Å²) in [6.45, 7) is 7.43. The Labute approximate surface area is 194 Å². The number of alkyl halides is 1. The Morgan fingerprint density at radius 1 is 1.31 bits per heavy atom. The molecule has 2 fully saturated rings. The molecule has 1 aromatic heterocycles. The van der Waals surface area contributed by atoms with Crippen LogP contribution in [0.4, 0.5) is 5.82 Å². The monoisotopic (exact) mass is 452 g/mol. The van der Waals surface area contributed by atoms with Crippen molar-refractivity contribution >= 4 is 23.2 Å². The summed E-state index contributed by atoms with van der Waals surface area (Å²) in [5.74, 6) is 0.983. The maximum Gasteiger partial charge on any atom is 0.146 e. The van der Waals surface area contributed by atoms with Crippen LogP contribution in [0.1, 0.15) is 38.2 Å². The number of ketones is 1. The third kappa shape index (κ3) is 3.93. The van der Waals surface area contributed by atoms with E-state index in [1.165, 1.54) is 12.0 Å². The van der Waals surface area contributed by atoms with Gasteiger partial charge in [0, 0.05) is 37.8 Å². The molecule has 0 radical (unpaired) electrons. The first-order chi connectivity index (χ1) is 15.5. The van der Waals surface area contributed by atoms with E-state index in [9.17, 15) is 4.79 Å². The third-order valence-electron chi connectivity index (χ3n) is 7.85. The number of carbonyl (C=O) groups is 1. The van der Waals surface area contributed by atoms with Crippen molar-refractivity contribution in [3.63, 3.8) is 0 Å². The van der Waals surface area contributed by atoms with Crippen LogP contribution in [0.3, 0.4) is 0 Å². The first-order valence-corrected chi connectivity index (χ1v) is 11.9. The number of Topliss-reactive ketones (excluding diaryl/α,β-unsaturated/α-hetero) is 1. The lowest BCUT2D eigenvalue weighted by Crippen LogP contribution is -2.45. The quantitative estimate of drug-likeness (QED) is 0.649. The number of piperidine rings is 1. The highest BCUT2D eigenvalue weighted by Crippen LogP contribution is 2.42. The van der Waals surface area contributed by atoms with E-state index in [-0.39, 0.29) is 17.1 Å². The average Bonchev–Trinajstić information content (AvgIpc) is 3.43. The van der Waals surface area contributed by atoms with Crippen molar-refractivity contribution in [2.45, 2.75) is 38.0 Å². The number of ether oxygens (including phenoxy) is 1. The number of fused-ring (bicyclic) bond motifs is 1. The Morgan fingerprint density at radius 3 is 2.81 bits per heavy atom. The fraction of sp³-hybridized carbons (Fsp3) is 0.560. The van der Waals surface area contributed by atoms with Crippen molar-refractivity contribution in [2.24, 2.45) is 11.3 Å². The molecule has 168 valence electrons. The number of halogens is 1. The molecule has 2 atom stereocenters. The molecule has 5 rings (SSSR count). The average molecular weight is 453 g/mol. The maximum atomic E-state index is 12.8. The first-order valence-electron chi connectivity index (χ1n) is 11.5. The number of allylic oxidation sites excluding steroid dienone is 1. The van der Waals surface area contributed by atoms with Crippen molar-refractivity contribution in [3.8, 4) is 6.07 Å². The normalized spacial score (nSPS) is 26.0. The van der Waals surface area contributed by atoms with Crippen LogP contribution in [-0.4, -0.2) is 60.4 Å². The van der Waals surface area contributed by atoms with Crippen LogP contribution < -0.4 is 4.90 Å². The number of nitriles is 1. The fourth-order valence-corrected chi connectivity index (χ4v) is 6.37. The van der Waals surface area contributed by atoms with Gasteiger partial charge in [-0.2, -0.15) is 5.26 Å². The number of carbonyl (C=O) groups excluding carboxylic acids is 1. The van der Waals surface area contributed by atoms with Gasteiger partial charge in [-0.3, -0.25) is 4.79 Å². The zero-order valence-electron chi connectivity index (χ0n) is 18.5. The van der Waals surface area contributed by atoms with Crippen LogP contribution in [0.2, 0.25) is 0 Å². The van der Waals surface area contributed by atoms with Gasteiger partial charge in [0.2, 0.25) is 0 Å². The Balaban J connectivity index is 1.17. The molecular weight excluding hydrogens is 424 g/mol. The number of hydrogen-bond donors (Lipinski definition) is 0. The smallest absolute Gasteiger partial charge is 0.146 e. The van der Waals surface area contributed by atoms with Gasteiger partial charge >= 0.3 is 0 Å². The van der Waals surface area contributed by atoms with E-state index < -0.39 is 0 Å². The highest BCUT2D eigenvalue weighted by Gasteiger charge is 2.42. The summed E-state index contributed by atoms with van der Waals surface area (Å²) in [4.78, 5) is 22.1. The van der Waals surface area contributed by atoms with Crippen LogP contribution in [-0.2, 0) is 9.53 Å². The predicted molar refractivity (Wildman–Crippen MR) is 123 cm³/mol. The second-order valence-corrected chi connectivity index (χ2v) is 10.3. The van der Waals surface area contributed by atoms with Gasteiger partial charge in [0.15, 0.2) is 0 Å². The van der Waals surface area contributed by atoms with Crippen molar-refractivity contribution in [1.29, 1.82) is 5.26 Å². The minimum absolute atomic E-state index is 0.200. The molecule has 0 N–H and O–H groups in total. The number of nitrogens with zero attached hydrogens (tertiary/aromatic N) is 4. The molecule has 2 saturated heterocycles. The molecule has 4 aliphatic rings. The molecule has 32 heavy (non-hydrogen) atoms. The summed E-state index contributed by atoms with van der Waals surface area (Å²) in [5, 5.41) is 8.79. The molecular formula is C25H29ClN4O2. The molecule has 0 saturated carbocycles. The van der Waals surface area contributed by atoms with Crippen molar-refractivity contribution in [1.82, 2.24) is 9.88 Å². The fourth-order valence-electron chi connectivity index (χ4n) is 5.84. The number of aromatic nitrogens is 1. The molecule has 1 aliphatic carbocycles. The van der Waals surface area contributed by atoms with Crippen LogP contribution >= 0.6 is 11.6 Å². The standard InChI is InChI=1S/C25H29ClN4O2/c1-17-20-15-32-14-19(20)10-22(31)24(17)21(26)13-29-7-4-25(5-8-29)6-9-30(16-25)23-3-2-18(11-27)12-28-23/h2-3,12,14,21,24H,4-10,13,15-16H2,1H3/t21-,24?/m1/s1. The summed E-state index contributed by atoms with van der Waals surface area (Å²) in [6.07, 6.45) is 7.30. The molecule has 4 heterocycles. The van der Waals surface area contributed by atoms with Crippen LogP contribution in [0.15, 0.2) is 41.3 Å². The second-order valence-electron chi connectivity index (χ2n) is 9.74. The molecule has 6 nitrogen and oxygen atoms in total. The Bertz CT molecular complexity index is 1000. The third-order valence-corrected chi connectivity index (χ3v) is 8.24. The van der Waals surface area contributed by atoms with E-state index in [1.807, 2.05) is 19.1 Å². The highest BCUT2D eigenvalue weighted by atomic mass is 35.5. The summed E-state index contributed by atoms with van der Waals surface area (Å²) in [6, 6.07) is 5.93. The number of anilines is 1. The van der Waals surface area contributed by atoms with Crippen LogP contribution in [0.25, 0.3) is 0 Å². The van der Waals surface area contributed by atoms with E-state index in [4.69, 9.17) is 21.6 Å². The molecule has 0 amide bonds. The summed E-state index contributed by atoms with van der Waals surface area (Å²) < 4.78 is 5.45. The summed E-state index contributed by atoms with van der Waals surface area (Å²) in [5.41, 5.74) is 4.24. The minimum atomic E-state index is -0.203. The topological polar surface area (TPSA) is 69.5 Å². The highest BCUT2D eigenvalue weighted by molar-refractivity contribution is 6.23. The first kappa shape index (κ1) is 21.5. The van der Waals surface area contributed by atoms with Crippen LogP contribution in [0.5, 0.6) is 0 Å². The van der Waals surface area contributed by atoms with Crippen molar-refractivity contribution in [3.05, 3.63) is 46.9 Å². The van der Waals surface area contributed by atoms with Crippen molar-refractivity contribution in [2.75, 3.05) is 44.2 Å². The van der Waals surface area contributed by atoms with E-state index in [0.717, 1.165) is 62.5 Å². The lowest BCUT2D eigenvalue weighted by molar-refractivity contribution is -0.121. The summed E-state index contributed by atoms with van der Waals surface area (Å²) >= 11 is 6.86. The minimum Gasteiger partial charge on any atom is -0.496 e. The number of likely N-dealkylation sites (tertiary alicyclic amines) is 1. The van der Waals surface area contributed by atoms with Gasteiger partial charge in [-0.15, -0.1) is 11.6 Å². The second kappa shape index (κ2) is 8.53.